The monoisotopic (exact) mass is 442 g/mol. The lowest BCUT2D eigenvalue weighted by Crippen LogP contribution is -2.60. The number of alkyl halides is 10. The van der Waals surface area contributed by atoms with Crippen LogP contribution in [0.5, 0.6) is 0 Å². The van der Waals surface area contributed by atoms with E-state index in [2.05, 4.69) is 0 Å². The zero-order valence-corrected chi connectivity index (χ0v) is 15.1. The Kier molecular flexibility index (Phi) is 7.38. The molecular weight excluding hydrogens is 443 g/mol. The molecule has 11 heteroatoms. The van der Waals surface area contributed by atoms with Crippen LogP contribution < -0.4 is 0 Å². The molecule has 0 aliphatic carbocycles. The van der Waals surface area contributed by atoms with Crippen LogP contribution in [0, 0.1) is 0 Å². The molecule has 1 nitrogen and oxygen atoms in total. The Balaban J connectivity index is 5.61. The van der Waals surface area contributed by atoms with E-state index in [9.17, 15) is 0 Å². The van der Waals surface area contributed by atoms with Crippen LogP contribution in [0.25, 0.3) is 0 Å². The van der Waals surface area contributed by atoms with Gasteiger partial charge in [-0.2, -0.15) is 0 Å². The highest BCUT2D eigenvalue weighted by Crippen LogP contribution is 2.62. The van der Waals surface area contributed by atoms with Crippen molar-refractivity contribution in [3.8, 4) is 0 Å². The Bertz CT molecular complexity index is 272. The third kappa shape index (κ3) is 3.55. The van der Waals surface area contributed by atoms with E-state index in [1.807, 2.05) is 0 Å². The molecule has 0 bridgehead atoms. The highest BCUT2D eigenvalue weighted by molar-refractivity contribution is 6.75. The van der Waals surface area contributed by atoms with Crippen molar-refractivity contribution in [2.45, 2.75) is 22.2 Å². The second-order valence-electron chi connectivity index (χ2n) is 2.94. The van der Waals surface area contributed by atoms with Gasteiger partial charge in [0.05, 0.1) is 6.61 Å². The highest BCUT2D eigenvalue weighted by Gasteiger charge is 2.69. The third-order valence-corrected chi connectivity index (χ3v) is 8.19. The maximum Gasteiger partial charge on any atom is 0.189 e. The topological polar surface area (TPSA) is 20.2 Å². The lowest BCUT2D eigenvalue weighted by molar-refractivity contribution is 0.264. The number of aliphatic hydroxyl groups is 1. The van der Waals surface area contributed by atoms with Gasteiger partial charge in [-0.1, -0.05) is 92.8 Å². The Hall–Kier alpha value is 2.86. The molecule has 0 rings (SSSR count). The summed E-state index contributed by atoms with van der Waals surface area (Å²) < 4.78 is -9.11. The van der Waals surface area contributed by atoms with Gasteiger partial charge in [-0.15, -0.1) is 23.2 Å². The molecule has 0 aromatic rings. The lowest BCUT2D eigenvalue weighted by atomic mass is 10.1. The zero-order valence-electron chi connectivity index (χ0n) is 7.51. The fraction of sp³-hybridized carbons (Fsp3) is 1.00. The van der Waals surface area contributed by atoms with Gasteiger partial charge in [0.15, 0.2) is 17.3 Å². The van der Waals surface area contributed by atoms with Crippen LogP contribution in [0.4, 0.5) is 0 Å². The van der Waals surface area contributed by atoms with Crippen molar-refractivity contribution in [1.29, 1.82) is 0 Å². The molecule has 0 amide bonds. The number of rotatable bonds is 5. The van der Waals surface area contributed by atoms with Crippen molar-refractivity contribution >= 4 is 116 Å². The Morgan fingerprint density at radius 2 is 1.12 bits per heavy atom. The Morgan fingerprint density at radius 3 is 1.35 bits per heavy atom. The van der Waals surface area contributed by atoms with E-state index in [0.29, 0.717) is 0 Å². The molecule has 0 aromatic heterocycles. The molecule has 104 valence electrons. The third-order valence-electron chi connectivity index (χ3n) is 1.74. The second-order valence-corrected chi connectivity index (χ2v) is 9.56. The molecular formula is C6H4Cl10O. The van der Waals surface area contributed by atoms with Crippen LogP contribution >= 0.6 is 116 Å². The average molecular weight is 447 g/mol. The van der Waals surface area contributed by atoms with Gasteiger partial charge in [0.25, 0.3) is 0 Å². The lowest BCUT2D eigenvalue weighted by Gasteiger charge is -2.45. The van der Waals surface area contributed by atoms with E-state index in [4.69, 9.17) is 121 Å². The summed E-state index contributed by atoms with van der Waals surface area (Å²) >= 11 is 57.4. The summed E-state index contributed by atoms with van der Waals surface area (Å²) in [5, 5.41) is 9.00. The molecule has 0 aliphatic rings. The summed E-state index contributed by atoms with van der Waals surface area (Å²) in [5.41, 5.74) is 0. The summed E-state index contributed by atoms with van der Waals surface area (Å²) in [6, 6.07) is 0. The van der Waals surface area contributed by atoms with E-state index in [-0.39, 0.29) is 0 Å². The van der Waals surface area contributed by atoms with Crippen molar-refractivity contribution in [1.82, 2.24) is 0 Å². The Labute approximate surface area is 148 Å². The molecule has 0 saturated heterocycles. The van der Waals surface area contributed by atoms with E-state index >= 15 is 0 Å². The van der Waals surface area contributed by atoms with Gasteiger partial charge in [-0.3, -0.25) is 0 Å². The largest absolute Gasteiger partial charge is 0.393 e. The molecule has 0 aliphatic heterocycles. The molecule has 0 fully saturated rings. The number of aliphatic hydroxyl groups excluding tert-OH is 1. The first kappa shape index (κ1) is 19.9. The molecule has 0 heterocycles. The van der Waals surface area contributed by atoms with Gasteiger partial charge in [-0.25, -0.2) is 0 Å². The maximum atomic E-state index is 9.00. The zero-order chi connectivity index (χ0) is 14.3. The molecule has 0 radical (unpaired) electrons. The smallest absolute Gasteiger partial charge is 0.189 e. The van der Waals surface area contributed by atoms with E-state index in [0.717, 1.165) is 0 Å². The van der Waals surface area contributed by atoms with Crippen LogP contribution in [0.1, 0.15) is 0 Å². The fourth-order valence-electron chi connectivity index (χ4n) is 0.675. The molecule has 1 N–H and O–H groups in total. The standard InChI is InChI=1S/C6H4Cl10O/c7-2(8)4(11,12)6(15,16)5(13,14)3(9,10)1-17/h2,17H,1H2. The first-order chi connectivity index (χ1) is 7.25. The van der Waals surface area contributed by atoms with Crippen LogP contribution in [0.15, 0.2) is 0 Å². The number of halogens is 10. The van der Waals surface area contributed by atoms with Crippen molar-refractivity contribution in [2.24, 2.45) is 0 Å². The van der Waals surface area contributed by atoms with Crippen LogP contribution in [0.2, 0.25) is 0 Å². The summed E-state index contributed by atoms with van der Waals surface area (Å²) in [4.78, 5) is -1.46. The predicted molar refractivity (Wildman–Crippen MR) is 80.3 cm³/mol. The summed E-state index contributed by atoms with van der Waals surface area (Å²) in [6.07, 6.45) is 0. The Morgan fingerprint density at radius 1 is 0.765 bits per heavy atom. The van der Waals surface area contributed by atoms with Crippen molar-refractivity contribution < 1.29 is 5.11 Å². The molecule has 0 atom stereocenters. The van der Waals surface area contributed by atoms with E-state index in [1.165, 1.54) is 0 Å². The quantitative estimate of drug-likeness (QED) is 0.555. The first-order valence-electron chi connectivity index (χ1n) is 3.66. The SMILES string of the molecule is OCC(Cl)(Cl)C(Cl)(Cl)C(Cl)(Cl)C(Cl)(Cl)C(Cl)Cl. The molecule has 0 saturated carbocycles. The fourth-order valence-corrected chi connectivity index (χ4v) is 3.14. The highest BCUT2D eigenvalue weighted by atomic mass is 35.6. The van der Waals surface area contributed by atoms with Gasteiger partial charge in [-0.05, 0) is 0 Å². The number of hydrogen-bond acceptors (Lipinski definition) is 1. The summed E-state index contributed by atoms with van der Waals surface area (Å²) in [7, 11) is 0. The minimum absolute atomic E-state index is 0.872. The minimum atomic E-state index is -2.38. The van der Waals surface area contributed by atoms with Crippen LogP contribution in [-0.4, -0.2) is 33.9 Å². The first-order valence-corrected chi connectivity index (χ1v) is 7.55. The second kappa shape index (κ2) is 6.32. The summed E-state index contributed by atoms with van der Waals surface area (Å²) in [5.74, 6) is 0. The van der Waals surface area contributed by atoms with Gasteiger partial charge in [0.2, 0.25) is 0 Å². The van der Waals surface area contributed by atoms with Crippen LogP contribution in [0.3, 0.4) is 0 Å². The van der Waals surface area contributed by atoms with Crippen molar-refractivity contribution in [3.63, 3.8) is 0 Å². The average Bonchev–Trinajstić information content (AvgIpc) is 2.16. The number of hydrogen-bond donors (Lipinski definition) is 1. The normalized spacial score (nSPS) is 15.5. The minimum Gasteiger partial charge on any atom is -0.393 e. The molecule has 0 spiro atoms. The van der Waals surface area contributed by atoms with Crippen molar-refractivity contribution in [2.75, 3.05) is 6.61 Å². The van der Waals surface area contributed by atoms with Gasteiger partial charge in [0, 0.05) is 0 Å². The molecule has 0 aromatic carbocycles. The van der Waals surface area contributed by atoms with Gasteiger partial charge < -0.3 is 5.11 Å². The molecule has 17 heavy (non-hydrogen) atoms. The predicted octanol–water partition coefficient (Wildman–Crippen LogP) is 5.48. The maximum absolute atomic E-state index is 9.00. The van der Waals surface area contributed by atoms with Gasteiger partial charge in [0.1, 0.15) is 4.84 Å². The van der Waals surface area contributed by atoms with E-state index < -0.39 is 28.8 Å². The molecule has 0 unspecified atom stereocenters. The van der Waals surface area contributed by atoms with Gasteiger partial charge >= 0.3 is 0 Å². The summed E-state index contributed by atoms with van der Waals surface area (Å²) in [6.45, 7) is -0.872. The van der Waals surface area contributed by atoms with E-state index in [1.54, 1.807) is 0 Å². The van der Waals surface area contributed by atoms with Crippen molar-refractivity contribution in [3.05, 3.63) is 0 Å². The van der Waals surface area contributed by atoms with Crippen LogP contribution in [-0.2, 0) is 0 Å².